The van der Waals surface area contributed by atoms with Gasteiger partial charge in [0.15, 0.2) is 11.5 Å². The van der Waals surface area contributed by atoms with Gasteiger partial charge in [-0.2, -0.15) is 4.99 Å². The van der Waals surface area contributed by atoms with Gasteiger partial charge in [-0.05, 0) is 18.9 Å². The molecule has 1 aliphatic rings. The van der Waals surface area contributed by atoms with Gasteiger partial charge in [0.05, 0.1) is 0 Å². The molecule has 14 heavy (non-hydrogen) atoms. The Morgan fingerprint density at radius 1 is 1.36 bits per heavy atom. The van der Waals surface area contributed by atoms with E-state index in [1.54, 1.807) is 12.1 Å². The number of aromatic hydroxyl groups is 2. The van der Waals surface area contributed by atoms with Crippen LogP contribution in [-0.2, 0) is 10.3 Å². The SMILES string of the molecule is O=C=NC1(c2cccc(O)c2O)CC1. The third kappa shape index (κ3) is 1.17. The Balaban J connectivity index is 2.52. The summed E-state index contributed by atoms with van der Waals surface area (Å²) in [5, 5.41) is 18.8. The van der Waals surface area contributed by atoms with Crippen molar-refractivity contribution in [2.24, 2.45) is 4.99 Å². The minimum atomic E-state index is -0.634. The fourth-order valence-corrected chi connectivity index (χ4v) is 1.55. The normalized spacial score (nSPS) is 17.1. The molecule has 2 rings (SSSR count). The molecule has 0 aromatic heterocycles. The number of hydrogen-bond acceptors (Lipinski definition) is 4. The van der Waals surface area contributed by atoms with E-state index in [2.05, 4.69) is 4.99 Å². The Bertz CT molecular complexity index is 417. The van der Waals surface area contributed by atoms with Gasteiger partial charge in [0, 0.05) is 5.56 Å². The molecule has 1 aromatic rings. The molecular formula is C10H9NO3. The van der Waals surface area contributed by atoms with E-state index in [1.807, 2.05) is 0 Å². The summed E-state index contributed by atoms with van der Waals surface area (Å²) in [6.45, 7) is 0. The molecule has 72 valence electrons. The molecule has 0 bridgehead atoms. The molecular weight excluding hydrogens is 182 g/mol. The van der Waals surface area contributed by atoms with Crippen LogP contribution in [0.1, 0.15) is 18.4 Å². The van der Waals surface area contributed by atoms with Crippen molar-refractivity contribution < 1.29 is 15.0 Å². The van der Waals surface area contributed by atoms with Gasteiger partial charge in [-0.15, -0.1) is 0 Å². The van der Waals surface area contributed by atoms with Gasteiger partial charge < -0.3 is 10.2 Å². The van der Waals surface area contributed by atoms with Crippen molar-refractivity contribution in [2.45, 2.75) is 18.4 Å². The summed E-state index contributed by atoms with van der Waals surface area (Å²) in [5.41, 5.74) is -0.134. The van der Waals surface area contributed by atoms with Gasteiger partial charge in [0.2, 0.25) is 6.08 Å². The Kier molecular flexibility index (Phi) is 1.79. The van der Waals surface area contributed by atoms with Gasteiger partial charge in [-0.1, -0.05) is 12.1 Å². The summed E-state index contributed by atoms with van der Waals surface area (Å²) in [5.74, 6) is -0.376. The van der Waals surface area contributed by atoms with Crippen molar-refractivity contribution in [3.63, 3.8) is 0 Å². The number of aliphatic imine (C=N–C) groups is 1. The summed E-state index contributed by atoms with van der Waals surface area (Å²) in [6.07, 6.45) is 2.91. The number of benzene rings is 1. The molecule has 4 nitrogen and oxygen atoms in total. The molecule has 0 amide bonds. The molecule has 0 radical (unpaired) electrons. The molecule has 1 aromatic carbocycles. The van der Waals surface area contributed by atoms with Crippen LogP contribution in [0.25, 0.3) is 0 Å². The fraction of sp³-hybridized carbons (Fsp3) is 0.300. The first kappa shape index (κ1) is 8.78. The zero-order chi connectivity index (χ0) is 10.2. The highest BCUT2D eigenvalue weighted by atomic mass is 16.3. The summed E-state index contributed by atoms with van der Waals surface area (Å²) < 4.78 is 0. The van der Waals surface area contributed by atoms with Crippen LogP contribution in [0.2, 0.25) is 0 Å². The first-order chi connectivity index (χ1) is 6.69. The maximum absolute atomic E-state index is 10.2. The molecule has 0 aliphatic heterocycles. The highest BCUT2D eigenvalue weighted by Crippen LogP contribution is 2.53. The standard InChI is InChI=1S/C10H9NO3/c12-6-11-10(4-5-10)7-2-1-3-8(13)9(7)14/h1-3,13-14H,4-5H2. The van der Waals surface area contributed by atoms with Crippen LogP contribution < -0.4 is 0 Å². The largest absolute Gasteiger partial charge is 0.504 e. The second-order valence-corrected chi connectivity index (χ2v) is 3.41. The lowest BCUT2D eigenvalue weighted by molar-refractivity contribution is 0.395. The first-order valence-corrected chi connectivity index (χ1v) is 4.30. The summed E-state index contributed by atoms with van der Waals surface area (Å²) in [4.78, 5) is 13.9. The number of isocyanates is 1. The average molecular weight is 191 g/mol. The number of rotatable bonds is 2. The highest BCUT2D eigenvalue weighted by Gasteiger charge is 2.47. The zero-order valence-corrected chi connectivity index (χ0v) is 7.40. The van der Waals surface area contributed by atoms with Gasteiger partial charge in [0.1, 0.15) is 5.54 Å². The average Bonchev–Trinajstić information content (AvgIpc) is 2.91. The Hall–Kier alpha value is -1.80. The molecule has 2 N–H and O–H groups in total. The zero-order valence-electron chi connectivity index (χ0n) is 7.40. The smallest absolute Gasteiger partial charge is 0.235 e. The maximum Gasteiger partial charge on any atom is 0.235 e. The van der Waals surface area contributed by atoms with E-state index in [9.17, 15) is 15.0 Å². The summed E-state index contributed by atoms with van der Waals surface area (Å²) >= 11 is 0. The van der Waals surface area contributed by atoms with Gasteiger partial charge >= 0.3 is 0 Å². The van der Waals surface area contributed by atoms with E-state index < -0.39 is 5.54 Å². The number of carbonyl (C=O) groups excluding carboxylic acids is 1. The minimum Gasteiger partial charge on any atom is -0.504 e. The molecule has 0 heterocycles. The number of nitrogens with zero attached hydrogens (tertiary/aromatic N) is 1. The van der Waals surface area contributed by atoms with Crippen molar-refractivity contribution in [2.75, 3.05) is 0 Å². The van der Waals surface area contributed by atoms with E-state index in [1.165, 1.54) is 12.1 Å². The van der Waals surface area contributed by atoms with Crippen molar-refractivity contribution in [1.29, 1.82) is 0 Å². The van der Waals surface area contributed by atoms with Crippen LogP contribution in [0, 0.1) is 0 Å². The lowest BCUT2D eigenvalue weighted by Gasteiger charge is -2.10. The highest BCUT2D eigenvalue weighted by molar-refractivity contribution is 5.52. The van der Waals surface area contributed by atoms with Crippen LogP contribution in [0.5, 0.6) is 11.5 Å². The van der Waals surface area contributed by atoms with Crippen LogP contribution in [-0.4, -0.2) is 16.3 Å². The second-order valence-electron chi connectivity index (χ2n) is 3.41. The molecule has 4 heteroatoms. The fourth-order valence-electron chi connectivity index (χ4n) is 1.55. The van der Waals surface area contributed by atoms with Gasteiger partial charge in [-0.3, -0.25) is 0 Å². The third-order valence-electron chi connectivity index (χ3n) is 2.50. The monoisotopic (exact) mass is 191 g/mol. The molecule has 0 atom stereocenters. The van der Waals surface area contributed by atoms with Crippen LogP contribution >= 0.6 is 0 Å². The van der Waals surface area contributed by atoms with E-state index in [-0.39, 0.29) is 11.5 Å². The number of para-hydroxylation sites is 1. The second kappa shape index (κ2) is 2.86. The molecule has 0 saturated heterocycles. The predicted molar refractivity (Wildman–Crippen MR) is 48.8 cm³/mol. The molecule has 1 saturated carbocycles. The molecule has 0 unspecified atom stereocenters. The quantitative estimate of drug-likeness (QED) is 0.422. The molecule has 0 spiro atoms. The van der Waals surface area contributed by atoms with Crippen molar-refractivity contribution in [3.05, 3.63) is 23.8 Å². The van der Waals surface area contributed by atoms with Crippen LogP contribution in [0.3, 0.4) is 0 Å². The minimum absolute atomic E-state index is 0.185. The van der Waals surface area contributed by atoms with Crippen LogP contribution in [0.15, 0.2) is 23.2 Å². The van der Waals surface area contributed by atoms with E-state index >= 15 is 0 Å². The van der Waals surface area contributed by atoms with E-state index in [0.717, 1.165) is 0 Å². The van der Waals surface area contributed by atoms with Gasteiger partial charge in [-0.25, -0.2) is 4.79 Å². The third-order valence-corrected chi connectivity index (χ3v) is 2.50. The Morgan fingerprint density at radius 3 is 2.64 bits per heavy atom. The van der Waals surface area contributed by atoms with Crippen LogP contribution in [0.4, 0.5) is 0 Å². The molecule has 1 aliphatic carbocycles. The molecule has 1 fully saturated rings. The maximum atomic E-state index is 10.2. The van der Waals surface area contributed by atoms with E-state index in [4.69, 9.17) is 0 Å². The Labute approximate surface area is 80.5 Å². The predicted octanol–water partition coefficient (Wildman–Crippen LogP) is 1.42. The topological polar surface area (TPSA) is 69.9 Å². The lowest BCUT2D eigenvalue weighted by atomic mass is 10.0. The van der Waals surface area contributed by atoms with Crippen molar-refractivity contribution in [3.8, 4) is 11.5 Å². The summed E-state index contributed by atoms with van der Waals surface area (Å²) in [6, 6.07) is 4.66. The number of phenolic OH excluding ortho intramolecular Hbond substituents is 2. The van der Waals surface area contributed by atoms with Gasteiger partial charge in [0.25, 0.3) is 0 Å². The van der Waals surface area contributed by atoms with E-state index in [0.29, 0.717) is 18.4 Å². The Morgan fingerprint density at radius 2 is 2.07 bits per heavy atom. The van der Waals surface area contributed by atoms with Crippen molar-refractivity contribution >= 4 is 6.08 Å². The summed E-state index contributed by atoms with van der Waals surface area (Å²) in [7, 11) is 0. The number of phenols is 2. The first-order valence-electron chi connectivity index (χ1n) is 4.30. The number of hydrogen-bond donors (Lipinski definition) is 2. The van der Waals surface area contributed by atoms with Crippen molar-refractivity contribution in [1.82, 2.24) is 0 Å². The lowest BCUT2D eigenvalue weighted by Crippen LogP contribution is -2.02.